The Hall–Kier alpha value is -1.47. The van der Waals surface area contributed by atoms with E-state index in [4.69, 9.17) is 5.73 Å². The predicted molar refractivity (Wildman–Crippen MR) is 86.0 cm³/mol. The van der Waals surface area contributed by atoms with Gasteiger partial charge >= 0.3 is 0 Å². The largest absolute Gasteiger partial charge is 0.330 e. The van der Waals surface area contributed by atoms with E-state index in [-0.39, 0.29) is 29.5 Å². The second-order valence-corrected chi connectivity index (χ2v) is 6.96. The van der Waals surface area contributed by atoms with Gasteiger partial charge in [0.1, 0.15) is 0 Å². The van der Waals surface area contributed by atoms with Gasteiger partial charge in [-0.15, -0.1) is 0 Å². The van der Waals surface area contributed by atoms with Gasteiger partial charge in [-0.3, -0.25) is 14.9 Å². The number of nitro benzene ring substituents is 1. The fourth-order valence-electron chi connectivity index (χ4n) is 2.00. The van der Waals surface area contributed by atoms with Crippen molar-refractivity contribution in [2.75, 3.05) is 11.9 Å². The number of anilines is 1. The number of amides is 1. The monoisotopic (exact) mass is 357 g/mol. The van der Waals surface area contributed by atoms with Gasteiger partial charge in [0.2, 0.25) is 5.91 Å². The lowest BCUT2D eigenvalue weighted by molar-refractivity contribution is -0.385. The van der Waals surface area contributed by atoms with E-state index in [1.165, 1.54) is 12.1 Å². The number of rotatable bonds is 5. The Bertz CT molecular complexity index is 541. The third kappa shape index (κ3) is 5.43. The average molecular weight is 358 g/mol. The van der Waals surface area contributed by atoms with Crippen LogP contribution in [0.25, 0.3) is 0 Å². The molecule has 0 aromatic heterocycles. The van der Waals surface area contributed by atoms with Gasteiger partial charge in [0.25, 0.3) is 5.69 Å². The van der Waals surface area contributed by atoms with E-state index < -0.39 is 4.92 Å². The zero-order valence-corrected chi connectivity index (χ0v) is 13.9. The minimum absolute atomic E-state index is 0.0207. The van der Waals surface area contributed by atoms with Crippen LogP contribution < -0.4 is 11.1 Å². The van der Waals surface area contributed by atoms with Gasteiger partial charge < -0.3 is 11.1 Å². The quantitative estimate of drug-likeness (QED) is 0.623. The van der Waals surface area contributed by atoms with Gasteiger partial charge in [0.15, 0.2) is 0 Å². The normalized spacial score (nSPS) is 12.8. The summed E-state index contributed by atoms with van der Waals surface area (Å²) in [6.07, 6.45) is 0.647. The molecule has 1 aromatic carbocycles. The topological polar surface area (TPSA) is 98.3 Å². The molecule has 0 fully saturated rings. The van der Waals surface area contributed by atoms with E-state index in [1.54, 1.807) is 6.07 Å². The van der Waals surface area contributed by atoms with Crippen LogP contribution in [0.2, 0.25) is 0 Å². The molecule has 21 heavy (non-hydrogen) atoms. The third-order valence-corrected chi connectivity index (χ3v) is 3.60. The molecule has 0 spiro atoms. The van der Waals surface area contributed by atoms with Gasteiger partial charge in [0.05, 0.1) is 15.3 Å². The molecule has 0 heterocycles. The fourth-order valence-corrected chi connectivity index (χ4v) is 2.39. The Morgan fingerprint density at radius 3 is 2.57 bits per heavy atom. The Morgan fingerprint density at radius 2 is 2.10 bits per heavy atom. The Kier molecular flexibility index (Phi) is 5.86. The molecule has 0 radical (unpaired) electrons. The molecule has 7 heteroatoms. The maximum atomic E-state index is 12.2. The molecule has 1 rings (SSSR count). The van der Waals surface area contributed by atoms with E-state index in [0.29, 0.717) is 16.6 Å². The van der Waals surface area contributed by atoms with Crippen molar-refractivity contribution in [3.05, 3.63) is 32.8 Å². The zero-order chi connectivity index (χ0) is 16.2. The van der Waals surface area contributed by atoms with E-state index in [9.17, 15) is 14.9 Å². The van der Waals surface area contributed by atoms with Crippen molar-refractivity contribution in [1.29, 1.82) is 0 Å². The molecule has 1 amide bonds. The standard InChI is InChI=1S/C14H20BrN3O3/c1-14(2,3)7-9(8-16)13(19)17-10-4-5-11(15)12(6-10)18(20)21/h4-6,9H,7-8,16H2,1-3H3,(H,17,19). The number of halogens is 1. The summed E-state index contributed by atoms with van der Waals surface area (Å²) in [5.74, 6) is -0.545. The predicted octanol–water partition coefficient (Wildman–Crippen LogP) is 3.31. The van der Waals surface area contributed by atoms with E-state index >= 15 is 0 Å². The molecule has 0 aliphatic heterocycles. The SMILES string of the molecule is CC(C)(C)CC(CN)C(=O)Nc1ccc(Br)c([N+](=O)[O-])c1. The molecule has 0 aliphatic carbocycles. The van der Waals surface area contributed by atoms with Crippen LogP contribution in [0.3, 0.4) is 0 Å². The van der Waals surface area contributed by atoms with Crippen LogP contribution in [-0.2, 0) is 4.79 Å². The Labute approximate surface area is 132 Å². The second-order valence-electron chi connectivity index (χ2n) is 6.11. The zero-order valence-electron chi connectivity index (χ0n) is 12.4. The first-order valence-electron chi connectivity index (χ1n) is 6.59. The van der Waals surface area contributed by atoms with Crippen LogP contribution in [-0.4, -0.2) is 17.4 Å². The lowest BCUT2D eigenvalue weighted by atomic mass is 9.84. The Morgan fingerprint density at radius 1 is 1.48 bits per heavy atom. The van der Waals surface area contributed by atoms with Crippen LogP contribution in [0.4, 0.5) is 11.4 Å². The number of benzene rings is 1. The molecule has 1 unspecified atom stereocenters. The first kappa shape index (κ1) is 17.6. The van der Waals surface area contributed by atoms with Gasteiger partial charge in [0, 0.05) is 18.3 Å². The van der Waals surface area contributed by atoms with Crippen molar-refractivity contribution in [2.24, 2.45) is 17.1 Å². The number of nitro groups is 1. The molecule has 1 aromatic rings. The summed E-state index contributed by atoms with van der Waals surface area (Å²) < 4.78 is 0.371. The first-order valence-corrected chi connectivity index (χ1v) is 7.38. The van der Waals surface area contributed by atoms with Crippen LogP contribution in [0.5, 0.6) is 0 Å². The number of hydrogen-bond acceptors (Lipinski definition) is 4. The summed E-state index contributed by atoms with van der Waals surface area (Å²) in [7, 11) is 0. The summed E-state index contributed by atoms with van der Waals surface area (Å²) in [5, 5.41) is 13.6. The van der Waals surface area contributed by atoms with E-state index in [2.05, 4.69) is 21.2 Å². The van der Waals surface area contributed by atoms with Crippen LogP contribution in [0, 0.1) is 21.4 Å². The van der Waals surface area contributed by atoms with Crippen molar-refractivity contribution in [3.63, 3.8) is 0 Å². The molecule has 3 N–H and O–H groups in total. The average Bonchev–Trinajstić information content (AvgIpc) is 2.36. The van der Waals surface area contributed by atoms with Gasteiger partial charge in [-0.1, -0.05) is 20.8 Å². The third-order valence-electron chi connectivity index (χ3n) is 2.92. The number of carbonyl (C=O) groups excluding carboxylic acids is 1. The summed E-state index contributed by atoms with van der Waals surface area (Å²) in [4.78, 5) is 22.6. The fraction of sp³-hybridized carbons (Fsp3) is 0.500. The number of carbonyl (C=O) groups is 1. The maximum absolute atomic E-state index is 12.2. The minimum atomic E-state index is -0.505. The smallest absolute Gasteiger partial charge is 0.285 e. The molecular formula is C14H20BrN3O3. The van der Waals surface area contributed by atoms with E-state index in [0.717, 1.165) is 0 Å². The second kappa shape index (κ2) is 7.00. The van der Waals surface area contributed by atoms with Crippen LogP contribution in [0.15, 0.2) is 22.7 Å². The molecular weight excluding hydrogens is 338 g/mol. The number of nitrogens with one attached hydrogen (secondary N) is 1. The van der Waals surface area contributed by atoms with Crippen molar-refractivity contribution >= 4 is 33.2 Å². The summed E-state index contributed by atoms with van der Waals surface area (Å²) >= 11 is 3.11. The summed E-state index contributed by atoms with van der Waals surface area (Å²) in [6.45, 7) is 6.34. The highest BCUT2D eigenvalue weighted by Crippen LogP contribution is 2.29. The molecule has 6 nitrogen and oxygen atoms in total. The maximum Gasteiger partial charge on any atom is 0.285 e. The molecule has 0 aliphatic rings. The highest BCUT2D eigenvalue weighted by molar-refractivity contribution is 9.10. The molecule has 1 atom stereocenters. The highest BCUT2D eigenvalue weighted by Gasteiger charge is 2.24. The first-order chi connectivity index (χ1) is 9.64. The molecule has 0 saturated heterocycles. The summed E-state index contributed by atoms with van der Waals surface area (Å²) in [5.41, 5.74) is 5.94. The lowest BCUT2D eigenvalue weighted by Gasteiger charge is -2.24. The van der Waals surface area contributed by atoms with Gasteiger partial charge in [-0.2, -0.15) is 0 Å². The number of nitrogens with zero attached hydrogens (tertiary/aromatic N) is 1. The van der Waals surface area contributed by atoms with Crippen LogP contribution in [0.1, 0.15) is 27.2 Å². The van der Waals surface area contributed by atoms with Crippen molar-refractivity contribution < 1.29 is 9.72 Å². The number of hydrogen-bond donors (Lipinski definition) is 2. The van der Waals surface area contributed by atoms with Crippen molar-refractivity contribution in [1.82, 2.24) is 0 Å². The molecule has 0 saturated carbocycles. The molecule has 116 valence electrons. The van der Waals surface area contributed by atoms with Crippen LogP contribution >= 0.6 is 15.9 Å². The van der Waals surface area contributed by atoms with Crippen molar-refractivity contribution in [2.45, 2.75) is 27.2 Å². The highest BCUT2D eigenvalue weighted by atomic mass is 79.9. The minimum Gasteiger partial charge on any atom is -0.330 e. The van der Waals surface area contributed by atoms with E-state index in [1.807, 2.05) is 20.8 Å². The molecule has 0 bridgehead atoms. The number of nitrogens with two attached hydrogens (primary N) is 1. The lowest BCUT2D eigenvalue weighted by Crippen LogP contribution is -2.32. The van der Waals surface area contributed by atoms with Gasteiger partial charge in [-0.05, 0) is 39.9 Å². The van der Waals surface area contributed by atoms with Gasteiger partial charge in [-0.25, -0.2) is 0 Å². The summed E-state index contributed by atoms with van der Waals surface area (Å²) in [6, 6.07) is 4.47. The Balaban J connectivity index is 2.87. The van der Waals surface area contributed by atoms with Crippen molar-refractivity contribution in [3.8, 4) is 0 Å².